The monoisotopic (exact) mass is 263 g/mol. The van der Waals surface area contributed by atoms with Gasteiger partial charge in [0.25, 0.3) is 5.91 Å². The van der Waals surface area contributed by atoms with Crippen LogP contribution in [0, 0.1) is 0 Å². The summed E-state index contributed by atoms with van der Waals surface area (Å²) in [6, 6.07) is 5.77. The van der Waals surface area contributed by atoms with Crippen LogP contribution in [0.5, 0.6) is 0 Å². The Hall–Kier alpha value is -1.75. The Morgan fingerprint density at radius 1 is 1.58 bits per heavy atom. The molecule has 1 aromatic rings. The van der Waals surface area contributed by atoms with Crippen LogP contribution in [0.3, 0.4) is 0 Å². The number of benzene rings is 1. The summed E-state index contributed by atoms with van der Waals surface area (Å²) < 4.78 is 5.42. The molecule has 0 bridgehead atoms. The van der Waals surface area contributed by atoms with Crippen molar-refractivity contribution < 1.29 is 9.53 Å². The third-order valence-corrected chi connectivity index (χ3v) is 3.30. The first-order valence-corrected chi connectivity index (χ1v) is 6.65. The molecule has 5 heteroatoms. The predicted octanol–water partition coefficient (Wildman–Crippen LogP) is 1.24. The second kappa shape index (κ2) is 5.93. The van der Waals surface area contributed by atoms with Crippen LogP contribution in [0.25, 0.3) is 0 Å². The molecule has 0 spiro atoms. The highest BCUT2D eigenvalue weighted by molar-refractivity contribution is 5.96. The highest BCUT2D eigenvalue weighted by atomic mass is 16.5. The van der Waals surface area contributed by atoms with E-state index in [1.807, 2.05) is 19.1 Å². The maximum absolute atomic E-state index is 11.7. The second-order valence-corrected chi connectivity index (χ2v) is 4.75. The number of nitrogens with two attached hydrogens (primary N) is 1. The van der Waals surface area contributed by atoms with Crippen molar-refractivity contribution in [3.8, 4) is 0 Å². The van der Waals surface area contributed by atoms with Crippen molar-refractivity contribution in [2.75, 3.05) is 36.9 Å². The van der Waals surface area contributed by atoms with Crippen LogP contribution in [0.2, 0.25) is 0 Å². The van der Waals surface area contributed by atoms with E-state index in [4.69, 9.17) is 10.5 Å². The molecule has 1 heterocycles. The first-order valence-electron chi connectivity index (χ1n) is 6.65. The van der Waals surface area contributed by atoms with Crippen LogP contribution < -0.4 is 16.0 Å². The van der Waals surface area contributed by atoms with E-state index in [0.717, 1.165) is 12.2 Å². The number of nitrogen functional groups attached to an aromatic ring is 1. The smallest absolute Gasteiger partial charge is 0.251 e. The van der Waals surface area contributed by atoms with E-state index in [1.54, 1.807) is 6.07 Å². The number of amides is 1. The van der Waals surface area contributed by atoms with Gasteiger partial charge in [0, 0.05) is 24.7 Å². The Labute approximate surface area is 113 Å². The van der Waals surface area contributed by atoms with Gasteiger partial charge in [0.2, 0.25) is 0 Å². The van der Waals surface area contributed by atoms with E-state index in [-0.39, 0.29) is 5.91 Å². The van der Waals surface area contributed by atoms with Crippen LogP contribution in [0.15, 0.2) is 18.2 Å². The zero-order valence-corrected chi connectivity index (χ0v) is 11.5. The third kappa shape index (κ3) is 2.98. The Balaban J connectivity index is 2.21. The fraction of sp³-hybridized carbons (Fsp3) is 0.500. The number of carbonyl (C=O) groups is 1. The molecule has 1 fully saturated rings. The lowest BCUT2D eigenvalue weighted by atomic mass is 10.1. The molecule has 0 aliphatic carbocycles. The lowest BCUT2D eigenvalue weighted by molar-refractivity contribution is 0.0955. The molecule has 0 saturated carbocycles. The number of nitrogens with zero attached hydrogens (tertiary/aromatic N) is 1. The van der Waals surface area contributed by atoms with E-state index < -0.39 is 0 Å². The number of hydrogen-bond acceptors (Lipinski definition) is 4. The van der Waals surface area contributed by atoms with Crippen molar-refractivity contribution in [3.05, 3.63) is 23.8 Å². The summed E-state index contributed by atoms with van der Waals surface area (Å²) in [6.07, 6.45) is 0. The van der Waals surface area contributed by atoms with Crippen LogP contribution in [0.4, 0.5) is 11.4 Å². The van der Waals surface area contributed by atoms with Gasteiger partial charge in [0.1, 0.15) is 0 Å². The molecular formula is C14H21N3O2. The molecule has 1 atom stereocenters. The number of anilines is 2. The first kappa shape index (κ1) is 13.7. The molecule has 104 valence electrons. The molecule has 1 aliphatic rings. The molecule has 0 aromatic heterocycles. The normalized spacial score (nSPS) is 19.3. The highest BCUT2D eigenvalue weighted by Gasteiger charge is 2.21. The molecular weight excluding hydrogens is 242 g/mol. The number of carbonyl (C=O) groups excluding carboxylic acids is 1. The fourth-order valence-electron chi connectivity index (χ4n) is 2.30. The minimum Gasteiger partial charge on any atom is -0.397 e. The summed E-state index contributed by atoms with van der Waals surface area (Å²) in [4.78, 5) is 14.0. The van der Waals surface area contributed by atoms with Gasteiger partial charge in [-0.25, -0.2) is 0 Å². The van der Waals surface area contributed by atoms with Gasteiger partial charge < -0.3 is 20.7 Å². The number of morpholine rings is 1. The van der Waals surface area contributed by atoms with Gasteiger partial charge in [-0.3, -0.25) is 4.79 Å². The predicted molar refractivity (Wildman–Crippen MR) is 76.5 cm³/mol. The minimum absolute atomic E-state index is 0.0872. The van der Waals surface area contributed by atoms with Gasteiger partial charge in [-0.1, -0.05) is 0 Å². The van der Waals surface area contributed by atoms with Gasteiger partial charge in [-0.05, 0) is 32.0 Å². The summed E-state index contributed by atoms with van der Waals surface area (Å²) in [5, 5.41) is 2.77. The number of nitrogens with one attached hydrogen (secondary N) is 1. The van der Waals surface area contributed by atoms with Crippen molar-refractivity contribution in [2.45, 2.75) is 19.9 Å². The maximum Gasteiger partial charge on any atom is 0.251 e. The zero-order chi connectivity index (χ0) is 13.8. The first-order chi connectivity index (χ1) is 9.13. The van der Waals surface area contributed by atoms with E-state index >= 15 is 0 Å². The summed E-state index contributed by atoms with van der Waals surface area (Å²) in [5.41, 5.74) is 8.30. The molecule has 1 amide bonds. The highest BCUT2D eigenvalue weighted by Crippen LogP contribution is 2.27. The van der Waals surface area contributed by atoms with E-state index in [0.29, 0.717) is 37.1 Å². The van der Waals surface area contributed by atoms with Gasteiger partial charge in [-0.15, -0.1) is 0 Å². The van der Waals surface area contributed by atoms with Crippen molar-refractivity contribution in [3.63, 3.8) is 0 Å². The van der Waals surface area contributed by atoms with Gasteiger partial charge >= 0.3 is 0 Å². The van der Waals surface area contributed by atoms with Crippen LogP contribution in [0.1, 0.15) is 24.2 Å². The molecule has 5 nitrogen and oxygen atoms in total. The Morgan fingerprint density at radius 2 is 2.37 bits per heavy atom. The molecule has 1 aliphatic heterocycles. The molecule has 2 rings (SSSR count). The molecule has 1 aromatic carbocycles. The lowest BCUT2D eigenvalue weighted by Crippen LogP contribution is -2.44. The summed E-state index contributed by atoms with van der Waals surface area (Å²) in [5.74, 6) is -0.0872. The Kier molecular flexibility index (Phi) is 4.27. The van der Waals surface area contributed by atoms with E-state index in [1.165, 1.54) is 0 Å². The summed E-state index contributed by atoms with van der Waals surface area (Å²) in [7, 11) is 0. The average Bonchev–Trinajstić information content (AvgIpc) is 2.40. The fourth-order valence-corrected chi connectivity index (χ4v) is 2.30. The average molecular weight is 263 g/mol. The molecule has 1 unspecified atom stereocenters. The van der Waals surface area contributed by atoms with Crippen molar-refractivity contribution in [1.29, 1.82) is 0 Å². The molecule has 3 N–H and O–H groups in total. The van der Waals surface area contributed by atoms with E-state index in [2.05, 4.69) is 17.1 Å². The van der Waals surface area contributed by atoms with Crippen LogP contribution >= 0.6 is 0 Å². The van der Waals surface area contributed by atoms with E-state index in [9.17, 15) is 4.79 Å². The Bertz CT molecular complexity index is 462. The summed E-state index contributed by atoms with van der Waals surface area (Å²) >= 11 is 0. The van der Waals surface area contributed by atoms with Crippen molar-refractivity contribution in [2.24, 2.45) is 0 Å². The molecule has 19 heavy (non-hydrogen) atoms. The van der Waals surface area contributed by atoms with Gasteiger partial charge in [0.15, 0.2) is 0 Å². The lowest BCUT2D eigenvalue weighted by Gasteiger charge is -2.36. The largest absolute Gasteiger partial charge is 0.397 e. The standard InChI is InChI=1S/C14H21N3O2/c1-3-16-14(18)11-4-5-13(12(15)8-11)17-6-7-19-9-10(17)2/h4-5,8,10H,3,6-7,9,15H2,1-2H3,(H,16,18). The topological polar surface area (TPSA) is 67.6 Å². The van der Waals surface area contributed by atoms with Crippen LogP contribution in [-0.4, -0.2) is 38.3 Å². The second-order valence-electron chi connectivity index (χ2n) is 4.75. The van der Waals surface area contributed by atoms with Gasteiger partial charge in [0.05, 0.1) is 24.6 Å². The van der Waals surface area contributed by atoms with Crippen LogP contribution in [-0.2, 0) is 4.74 Å². The van der Waals surface area contributed by atoms with Crippen molar-refractivity contribution in [1.82, 2.24) is 5.32 Å². The summed E-state index contributed by atoms with van der Waals surface area (Å²) in [6.45, 7) is 6.85. The van der Waals surface area contributed by atoms with Gasteiger partial charge in [-0.2, -0.15) is 0 Å². The zero-order valence-electron chi connectivity index (χ0n) is 11.5. The number of hydrogen-bond donors (Lipinski definition) is 2. The quantitative estimate of drug-likeness (QED) is 0.805. The maximum atomic E-state index is 11.7. The Morgan fingerprint density at radius 3 is 3.00 bits per heavy atom. The third-order valence-electron chi connectivity index (χ3n) is 3.30. The SMILES string of the molecule is CCNC(=O)c1ccc(N2CCOCC2C)c(N)c1. The number of rotatable bonds is 3. The number of ether oxygens (including phenoxy) is 1. The minimum atomic E-state index is -0.0872. The molecule has 1 saturated heterocycles. The molecule has 0 radical (unpaired) electrons. The van der Waals surface area contributed by atoms with Crippen molar-refractivity contribution >= 4 is 17.3 Å².